The molecular weight excluding hydrogens is 168 g/mol. The zero-order chi connectivity index (χ0) is 9.52. The van der Waals surface area contributed by atoms with E-state index in [1.807, 2.05) is 0 Å². The van der Waals surface area contributed by atoms with E-state index in [4.69, 9.17) is 0 Å². The Morgan fingerprint density at radius 2 is 1.92 bits per heavy atom. The Hall–Kier alpha value is -0.990. The van der Waals surface area contributed by atoms with Gasteiger partial charge in [-0.1, -0.05) is 12.2 Å². The summed E-state index contributed by atoms with van der Waals surface area (Å²) in [5.41, 5.74) is 0. The van der Waals surface area contributed by atoms with Crippen LogP contribution in [-0.2, 0) is 9.47 Å². The molecule has 0 amide bonds. The average Bonchev–Trinajstić information content (AvgIpc) is 2.54. The highest BCUT2D eigenvalue weighted by Crippen LogP contribution is 2.07. The number of allylic oxidation sites excluding steroid dienone is 2. The summed E-state index contributed by atoms with van der Waals surface area (Å²) in [6.07, 6.45) is 9.40. The topological polar surface area (TPSA) is 35.5 Å². The molecule has 1 aliphatic carbocycles. The van der Waals surface area contributed by atoms with Crippen LogP contribution in [0.25, 0.3) is 0 Å². The van der Waals surface area contributed by atoms with Crippen LogP contribution in [0.5, 0.6) is 0 Å². The van der Waals surface area contributed by atoms with Gasteiger partial charge in [-0.3, -0.25) is 0 Å². The van der Waals surface area contributed by atoms with Crippen LogP contribution >= 0.6 is 0 Å². The number of hydrogen-bond donors (Lipinski definition) is 0. The van der Waals surface area contributed by atoms with Gasteiger partial charge in [0.25, 0.3) is 0 Å². The quantitative estimate of drug-likeness (QED) is 0.429. The van der Waals surface area contributed by atoms with Gasteiger partial charge in [-0.2, -0.15) is 0 Å². The first-order chi connectivity index (χ1) is 6.29. The van der Waals surface area contributed by atoms with E-state index in [0.29, 0.717) is 6.61 Å². The summed E-state index contributed by atoms with van der Waals surface area (Å²) < 4.78 is 8.90. The SMILES string of the molecule is C1=CCCCC1.CC1COC(=O)O1. The number of ether oxygens (including phenoxy) is 2. The lowest BCUT2D eigenvalue weighted by molar-refractivity contribution is 0.121. The molecule has 1 unspecified atom stereocenters. The summed E-state index contributed by atoms with van der Waals surface area (Å²) in [4.78, 5) is 10.0. The highest BCUT2D eigenvalue weighted by atomic mass is 16.8. The van der Waals surface area contributed by atoms with Crippen molar-refractivity contribution in [3.63, 3.8) is 0 Å². The van der Waals surface area contributed by atoms with Crippen molar-refractivity contribution in [3.05, 3.63) is 12.2 Å². The van der Waals surface area contributed by atoms with Gasteiger partial charge in [-0.25, -0.2) is 4.79 Å². The van der Waals surface area contributed by atoms with Crippen molar-refractivity contribution in [1.29, 1.82) is 0 Å². The van der Waals surface area contributed by atoms with Gasteiger partial charge in [-0.05, 0) is 32.6 Å². The van der Waals surface area contributed by atoms with Crippen molar-refractivity contribution < 1.29 is 14.3 Å². The second-order valence-corrected chi connectivity index (χ2v) is 3.25. The minimum atomic E-state index is -0.549. The second-order valence-electron chi connectivity index (χ2n) is 3.25. The number of cyclic esters (lactones) is 2. The fraction of sp³-hybridized carbons (Fsp3) is 0.700. The molecule has 74 valence electrons. The fourth-order valence-electron chi connectivity index (χ4n) is 1.18. The fourth-order valence-corrected chi connectivity index (χ4v) is 1.18. The first-order valence-corrected chi connectivity index (χ1v) is 4.77. The number of rotatable bonds is 0. The smallest absolute Gasteiger partial charge is 0.430 e. The summed E-state index contributed by atoms with van der Waals surface area (Å²) in [5.74, 6) is 0. The van der Waals surface area contributed by atoms with E-state index in [9.17, 15) is 4.79 Å². The van der Waals surface area contributed by atoms with E-state index in [2.05, 4.69) is 21.6 Å². The Balaban J connectivity index is 0.000000132. The van der Waals surface area contributed by atoms with Gasteiger partial charge in [0.2, 0.25) is 0 Å². The first kappa shape index (κ1) is 10.1. The molecule has 3 nitrogen and oxygen atoms in total. The van der Waals surface area contributed by atoms with Crippen molar-refractivity contribution in [2.24, 2.45) is 0 Å². The van der Waals surface area contributed by atoms with E-state index in [-0.39, 0.29) is 6.10 Å². The molecule has 2 rings (SSSR count). The van der Waals surface area contributed by atoms with Crippen LogP contribution < -0.4 is 0 Å². The van der Waals surface area contributed by atoms with Gasteiger partial charge < -0.3 is 9.47 Å². The molecule has 1 atom stereocenters. The molecule has 1 fully saturated rings. The van der Waals surface area contributed by atoms with Gasteiger partial charge in [0, 0.05) is 0 Å². The summed E-state index contributed by atoms with van der Waals surface area (Å²) in [5, 5.41) is 0. The van der Waals surface area contributed by atoms with Crippen molar-refractivity contribution >= 4 is 6.16 Å². The van der Waals surface area contributed by atoms with Crippen LogP contribution in [0.4, 0.5) is 4.79 Å². The largest absolute Gasteiger partial charge is 0.508 e. The van der Waals surface area contributed by atoms with Gasteiger partial charge in [0.15, 0.2) is 0 Å². The van der Waals surface area contributed by atoms with Gasteiger partial charge in [-0.15, -0.1) is 0 Å². The lowest BCUT2D eigenvalue weighted by Gasteiger charge is -1.97. The summed E-state index contributed by atoms with van der Waals surface area (Å²) >= 11 is 0. The number of carbonyl (C=O) groups excluding carboxylic acids is 1. The molecule has 0 bridgehead atoms. The zero-order valence-corrected chi connectivity index (χ0v) is 7.99. The van der Waals surface area contributed by atoms with Crippen LogP contribution in [0.2, 0.25) is 0 Å². The Bertz CT molecular complexity index is 179. The standard InChI is InChI=1S/C6H10.C4H6O3/c1-2-4-6-5-3-1;1-3-2-6-4(5)7-3/h1-2H,3-6H2;3H,2H2,1H3. The third kappa shape index (κ3) is 4.55. The van der Waals surface area contributed by atoms with Crippen molar-refractivity contribution in [3.8, 4) is 0 Å². The predicted octanol–water partition coefficient (Wildman–Crippen LogP) is 2.66. The molecular formula is C10H16O3. The molecule has 0 aromatic rings. The third-order valence-corrected chi connectivity index (χ3v) is 1.89. The predicted molar refractivity (Wildman–Crippen MR) is 49.5 cm³/mol. The molecule has 0 aromatic carbocycles. The summed E-state index contributed by atoms with van der Waals surface area (Å²) in [7, 11) is 0. The van der Waals surface area contributed by atoms with Crippen LogP contribution in [0.1, 0.15) is 32.6 Å². The lowest BCUT2D eigenvalue weighted by atomic mass is 10.1. The Morgan fingerprint density at radius 3 is 2.08 bits per heavy atom. The Labute approximate surface area is 78.7 Å². The number of hydrogen-bond acceptors (Lipinski definition) is 3. The molecule has 1 saturated heterocycles. The maximum atomic E-state index is 10.0. The van der Waals surface area contributed by atoms with Crippen LogP contribution in [0.3, 0.4) is 0 Å². The Morgan fingerprint density at radius 1 is 1.31 bits per heavy atom. The normalized spacial score (nSPS) is 25.6. The third-order valence-electron chi connectivity index (χ3n) is 1.89. The van der Waals surface area contributed by atoms with Crippen molar-refractivity contribution in [2.75, 3.05) is 6.61 Å². The summed E-state index contributed by atoms with van der Waals surface area (Å²) in [6, 6.07) is 0. The van der Waals surface area contributed by atoms with E-state index in [1.54, 1.807) is 6.92 Å². The van der Waals surface area contributed by atoms with Gasteiger partial charge in [0.05, 0.1) is 0 Å². The van der Waals surface area contributed by atoms with Crippen molar-refractivity contribution in [1.82, 2.24) is 0 Å². The Kier molecular flexibility index (Phi) is 4.36. The van der Waals surface area contributed by atoms with Crippen LogP contribution in [0, 0.1) is 0 Å². The van der Waals surface area contributed by atoms with Crippen LogP contribution in [-0.4, -0.2) is 18.9 Å². The highest BCUT2D eigenvalue weighted by Gasteiger charge is 2.19. The summed E-state index contributed by atoms with van der Waals surface area (Å²) in [6.45, 7) is 2.18. The molecule has 0 saturated carbocycles. The first-order valence-electron chi connectivity index (χ1n) is 4.77. The number of carbonyl (C=O) groups is 1. The van der Waals surface area contributed by atoms with E-state index in [0.717, 1.165) is 0 Å². The molecule has 0 radical (unpaired) electrons. The molecule has 3 heteroatoms. The molecule has 0 N–H and O–H groups in total. The maximum absolute atomic E-state index is 10.0. The molecule has 2 aliphatic rings. The molecule has 0 aromatic heterocycles. The zero-order valence-electron chi connectivity index (χ0n) is 7.99. The second kappa shape index (κ2) is 5.62. The van der Waals surface area contributed by atoms with Gasteiger partial charge >= 0.3 is 6.16 Å². The molecule has 0 spiro atoms. The molecule has 1 heterocycles. The van der Waals surface area contributed by atoms with Crippen LogP contribution in [0.15, 0.2) is 12.2 Å². The van der Waals surface area contributed by atoms with Gasteiger partial charge in [0.1, 0.15) is 12.7 Å². The highest BCUT2D eigenvalue weighted by molar-refractivity contribution is 5.61. The monoisotopic (exact) mass is 184 g/mol. The molecule has 13 heavy (non-hydrogen) atoms. The average molecular weight is 184 g/mol. The lowest BCUT2D eigenvalue weighted by Crippen LogP contribution is -2.01. The van der Waals surface area contributed by atoms with E-state index in [1.165, 1.54) is 25.7 Å². The van der Waals surface area contributed by atoms with Crippen molar-refractivity contribution in [2.45, 2.75) is 38.7 Å². The minimum Gasteiger partial charge on any atom is -0.430 e. The molecule has 1 aliphatic heterocycles. The maximum Gasteiger partial charge on any atom is 0.508 e. The van der Waals surface area contributed by atoms with E-state index < -0.39 is 6.16 Å². The van der Waals surface area contributed by atoms with E-state index >= 15 is 0 Å². The minimum absolute atomic E-state index is 0.0486.